The van der Waals surface area contributed by atoms with Crippen molar-refractivity contribution < 1.29 is 9.59 Å². The topological polar surface area (TPSA) is 70.2 Å². The van der Waals surface area contributed by atoms with Gasteiger partial charge in [0, 0.05) is 25.0 Å². The van der Waals surface area contributed by atoms with Crippen molar-refractivity contribution in [1.29, 1.82) is 0 Å². The molecule has 1 atom stereocenters. The molecule has 0 aromatic rings. The van der Waals surface area contributed by atoms with Crippen LogP contribution in [0.4, 0.5) is 0 Å². The normalized spacial score (nSPS) is 12.9. The first-order valence-corrected chi connectivity index (χ1v) is 7.14. The fraction of sp³-hybridized carbons (Fsp3) is 0.857. The Morgan fingerprint density at radius 2 is 1.79 bits per heavy atom. The van der Waals surface area contributed by atoms with E-state index in [1.165, 1.54) is 0 Å². The Kier molecular flexibility index (Phi) is 8.39. The van der Waals surface area contributed by atoms with Crippen molar-refractivity contribution in [2.24, 2.45) is 0 Å². The van der Waals surface area contributed by atoms with Crippen LogP contribution in [0.25, 0.3) is 0 Å². The average molecular weight is 271 g/mol. The van der Waals surface area contributed by atoms with Gasteiger partial charge in [-0.2, -0.15) is 0 Å². The van der Waals surface area contributed by atoms with Crippen molar-refractivity contribution in [3.05, 3.63) is 0 Å². The molecule has 0 aliphatic rings. The summed E-state index contributed by atoms with van der Waals surface area (Å²) in [5.74, 6) is -0.00309. The van der Waals surface area contributed by atoms with Crippen molar-refractivity contribution in [3.63, 3.8) is 0 Å². The number of hydrogen-bond donors (Lipinski definition) is 3. The Morgan fingerprint density at radius 1 is 1.16 bits per heavy atom. The summed E-state index contributed by atoms with van der Waals surface area (Å²) in [6.45, 7) is 11.1. The lowest BCUT2D eigenvalue weighted by Crippen LogP contribution is -2.51. The van der Waals surface area contributed by atoms with Gasteiger partial charge in [0.25, 0.3) is 0 Å². The van der Waals surface area contributed by atoms with Crippen LogP contribution in [0, 0.1) is 0 Å². The highest BCUT2D eigenvalue weighted by Gasteiger charge is 2.21. The second kappa shape index (κ2) is 8.91. The molecule has 0 aromatic heterocycles. The lowest BCUT2D eigenvalue weighted by atomic mass is 10.0. The number of hydrogen-bond acceptors (Lipinski definition) is 3. The molecule has 2 amide bonds. The van der Waals surface area contributed by atoms with Crippen LogP contribution < -0.4 is 16.0 Å². The summed E-state index contributed by atoms with van der Waals surface area (Å²) < 4.78 is 0. The Bertz CT molecular complexity index is 290. The summed E-state index contributed by atoms with van der Waals surface area (Å²) in [5, 5.41) is 8.84. The van der Waals surface area contributed by atoms with Gasteiger partial charge in [-0.05, 0) is 33.6 Å². The Labute approximate surface area is 116 Å². The molecule has 0 heterocycles. The van der Waals surface area contributed by atoms with Crippen LogP contribution in [0.2, 0.25) is 0 Å². The van der Waals surface area contributed by atoms with E-state index in [1.807, 2.05) is 34.6 Å². The smallest absolute Gasteiger partial charge is 0.237 e. The van der Waals surface area contributed by atoms with Crippen molar-refractivity contribution in [2.75, 3.05) is 13.1 Å². The third-order valence-electron chi connectivity index (χ3n) is 3.11. The highest BCUT2D eigenvalue weighted by Crippen LogP contribution is 2.06. The quantitative estimate of drug-likeness (QED) is 0.590. The van der Waals surface area contributed by atoms with Crippen LogP contribution in [-0.2, 0) is 9.59 Å². The van der Waals surface area contributed by atoms with Crippen molar-refractivity contribution in [1.82, 2.24) is 16.0 Å². The van der Waals surface area contributed by atoms with Gasteiger partial charge in [-0.15, -0.1) is 0 Å². The molecule has 0 saturated carbocycles. The van der Waals surface area contributed by atoms with Gasteiger partial charge in [0.15, 0.2) is 0 Å². The molecule has 1 unspecified atom stereocenters. The van der Waals surface area contributed by atoms with Crippen LogP contribution in [0.3, 0.4) is 0 Å². The van der Waals surface area contributed by atoms with Crippen LogP contribution >= 0.6 is 0 Å². The Balaban J connectivity index is 3.88. The van der Waals surface area contributed by atoms with Crippen molar-refractivity contribution in [2.45, 2.75) is 65.5 Å². The second-order valence-corrected chi connectivity index (χ2v) is 5.50. The SMILES string of the molecule is CCCNC(=O)CCNC(C)C(=O)NC(C)(C)CC. The maximum absolute atomic E-state index is 11.9. The molecule has 0 aliphatic heterocycles. The maximum Gasteiger partial charge on any atom is 0.237 e. The molecule has 0 bridgehead atoms. The lowest BCUT2D eigenvalue weighted by molar-refractivity contribution is -0.125. The number of rotatable bonds is 9. The van der Waals surface area contributed by atoms with Gasteiger partial charge in [-0.25, -0.2) is 0 Å². The molecule has 19 heavy (non-hydrogen) atoms. The molecule has 0 saturated heterocycles. The predicted molar refractivity (Wildman–Crippen MR) is 77.9 cm³/mol. The predicted octanol–water partition coefficient (Wildman–Crippen LogP) is 1.19. The molecular weight excluding hydrogens is 242 g/mol. The number of carbonyl (C=O) groups is 2. The minimum Gasteiger partial charge on any atom is -0.356 e. The zero-order valence-electron chi connectivity index (χ0n) is 12.9. The Morgan fingerprint density at radius 3 is 2.32 bits per heavy atom. The Hall–Kier alpha value is -1.10. The number of carbonyl (C=O) groups excluding carboxylic acids is 2. The van der Waals surface area contributed by atoms with E-state index < -0.39 is 0 Å². The largest absolute Gasteiger partial charge is 0.356 e. The van der Waals surface area contributed by atoms with E-state index in [2.05, 4.69) is 16.0 Å². The van der Waals surface area contributed by atoms with E-state index in [9.17, 15) is 9.59 Å². The van der Waals surface area contributed by atoms with E-state index in [0.29, 0.717) is 19.5 Å². The molecule has 0 spiro atoms. The fourth-order valence-corrected chi connectivity index (χ4v) is 1.38. The number of nitrogens with one attached hydrogen (secondary N) is 3. The van der Waals surface area contributed by atoms with Gasteiger partial charge < -0.3 is 16.0 Å². The van der Waals surface area contributed by atoms with Crippen molar-refractivity contribution in [3.8, 4) is 0 Å². The minimum atomic E-state index is -0.287. The molecule has 112 valence electrons. The summed E-state index contributed by atoms with van der Waals surface area (Å²) in [6.07, 6.45) is 2.21. The summed E-state index contributed by atoms with van der Waals surface area (Å²) >= 11 is 0. The monoisotopic (exact) mass is 271 g/mol. The van der Waals surface area contributed by atoms with E-state index in [1.54, 1.807) is 0 Å². The highest BCUT2D eigenvalue weighted by molar-refractivity contribution is 5.82. The average Bonchev–Trinajstić information content (AvgIpc) is 2.35. The third kappa shape index (κ3) is 8.59. The summed E-state index contributed by atoms with van der Waals surface area (Å²) in [6, 6.07) is -0.287. The molecule has 0 fully saturated rings. The first-order valence-electron chi connectivity index (χ1n) is 7.14. The van der Waals surface area contributed by atoms with Gasteiger partial charge in [0.2, 0.25) is 11.8 Å². The van der Waals surface area contributed by atoms with E-state index in [-0.39, 0.29) is 23.4 Å². The molecule has 0 radical (unpaired) electrons. The van der Waals surface area contributed by atoms with Crippen LogP contribution in [0.1, 0.15) is 53.9 Å². The minimum absolute atomic E-state index is 0.0239. The molecule has 0 aliphatic carbocycles. The number of amides is 2. The van der Waals surface area contributed by atoms with Crippen LogP contribution in [0.5, 0.6) is 0 Å². The molecule has 0 aromatic carbocycles. The van der Waals surface area contributed by atoms with Gasteiger partial charge in [0.05, 0.1) is 6.04 Å². The van der Waals surface area contributed by atoms with Gasteiger partial charge in [-0.3, -0.25) is 9.59 Å². The van der Waals surface area contributed by atoms with Crippen LogP contribution in [-0.4, -0.2) is 36.5 Å². The van der Waals surface area contributed by atoms with E-state index in [0.717, 1.165) is 12.8 Å². The molecule has 3 N–H and O–H groups in total. The summed E-state index contributed by atoms with van der Waals surface area (Å²) in [5.41, 5.74) is -0.189. The molecule has 5 heteroatoms. The van der Waals surface area contributed by atoms with E-state index in [4.69, 9.17) is 0 Å². The fourth-order valence-electron chi connectivity index (χ4n) is 1.38. The highest BCUT2D eigenvalue weighted by atomic mass is 16.2. The van der Waals surface area contributed by atoms with E-state index >= 15 is 0 Å². The first-order chi connectivity index (χ1) is 8.82. The van der Waals surface area contributed by atoms with Gasteiger partial charge in [-0.1, -0.05) is 13.8 Å². The lowest BCUT2D eigenvalue weighted by Gasteiger charge is -2.26. The standard InChI is InChI=1S/C14H29N3O2/c1-6-9-16-12(18)8-10-15-11(3)13(19)17-14(4,5)7-2/h11,15H,6-10H2,1-5H3,(H,16,18)(H,17,19). The molecule has 0 rings (SSSR count). The van der Waals surface area contributed by atoms with Crippen molar-refractivity contribution >= 4 is 11.8 Å². The zero-order valence-corrected chi connectivity index (χ0v) is 12.9. The zero-order chi connectivity index (χ0) is 14.9. The second-order valence-electron chi connectivity index (χ2n) is 5.50. The first kappa shape index (κ1) is 17.9. The maximum atomic E-state index is 11.9. The van der Waals surface area contributed by atoms with Gasteiger partial charge >= 0.3 is 0 Å². The summed E-state index contributed by atoms with van der Waals surface area (Å²) in [7, 11) is 0. The summed E-state index contributed by atoms with van der Waals surface area (Å²) in [4.78, 5) is 23.3. The molecule has 5 nitrogen and oxygen atoms in total. The third-order valence-corrected chi connectivity index (χ3v) is 3.11. The molecular formula is C14H29N3O2. The van der Waals surface area contributed by atoms with Crippen LogP contribution in [0.15, 0.2) is 0 Å². The van der Waals surface area contributed by atoms with Gasteiger partial charge in [0.1, 0.15) is 0 Å².